The van der Waals surface area contributed by atoms with E-state index in [4.69, 9.17) is 14.2 Å². The quantitative estimate of drug-likeness (QED) is 0.381. The molecule has 0 radical (unpaired) electrons. The number of hydrogen-bond acceptors (Lipinski definition) is 3. The van der Waals surface area contributed by atoms with Crippen molar-refractivity contribution in [3.8, 4) is 0 Å². The molecule has 22 heavy (non-hydrogen) atoms. The molecule has 0 aromatic heterocycles. The molecule has 0 amide bonds. The van der Waals surface area contributed by atoms with Crippen LogP contribution in [0.25, 0.3) is 0 Å². The predicted molar refractivity (Wildman–Crippen MR) is 90.0 cm³/mol. The summed E-state index contributed by atoms with van der Waals surface area (Å²) in [6, 6.07) is 0. The van der Waals surface area contributed by atoms with Crippen LogP contribution in [0.4, 0.5) is 0 Å². The molecule has 1 aliphatic carbocycles. The minimum atomic E-state index is -0.296. The second-order valence-electron chi connectivity index (χ2n) is 7.17. The largest absolute Gasteiger partial charge is 0.377 e. The van der Waals surface area contributed by atoms with Crippen LogP contribution < -0.4 is 0 Å². The van der Waals surface area contributed by atoms with Crippen LogP contribution in [0.1, 0.15) is 52.9 Å². The molecule has 3 nitrogen and oxygen atoms in total. The topological polar surface area (TPSA) is 31.0 Å². The van der Waals surface area contributed by atoms with Crippen molar-refractivity contribution in [3.63, 3.8) is 0 Å². The van der Waals surface area contributed by atoms with Gasteiger partial charge >= 0.3 is 0 Å². The highest BCUT2D eigenvalue weighted by atomic mass is 16.6. The van der Waals surface area contributed by atoms with Crippen LogP contribution in [0.15, 0.2) is 24.3 Å². The number of rotatable bonds is 8. The third kappa shape index (κ3) is 3.81. The maximum absolute atomic E-state index is 6.22. The van der Waals surface area contributed by atoms with Gasteiger partial charge in [-0.25, -0.2) is 0 Å². The Hall–Kier alpha value is -0.640. The van der Waals surface area contributed by atoms with Crippen molar-refractivity contribution in [1.29, 1.82) is 0 Å². The van der Waals surface area contributed by atoms with Gasteiger partial charge in [-0.2, -0.15) is 0 Å². The summed E-state index contributed by atoms with van der Waals surface area (Å²) in [6.07, 6.45) is 10.0. The Bertz CT molecular complexity index is 407. The van der Waals surface area contributed by atoms with Crippen LogP contribution in [0.5, 0.6) is 0 Å². The lowest BCUT2D eigenvalue weighted by Crippen LogP contribution is -2.53. The number of methoxy groups -OCH3 is 1. The van der Waals surface area contributed by atoms with Crippen LogP contribution in [0.3, 0.4) is 0 Å². The second-order valence-corrected chi connectivity index (χ2v) is 7.17. The minimum absolute atomic E-state index is 0.0234. The van der Waals surface area contributed by atoms with Gasteiger partial charge in [-0.3, -0.25) is 0 Å². The van der Waals surface area contributed by atoms with Crippen molar-refractivity contribution in [1.82, 2.24) is 0 Å². The zero-order chi connectivity index (χ0) is 16.2. The maximum atomic E-state index is 6.22. The Morgan fingerprint density at radius 1 is 1.41 bits per heavy atom. The average Bonchev–Trinajstić information content (AvgIpc) is 3.25. The smallest absolute Gasteiger partial charge is 0.100 e. The van der Waals surface area contributed by atoms with Crippen molar-refractivity contribution in [2.45, 2.75) is 70.2 Å². The summed E-state index contributed by atoms with van der Waals surface area (Å²) in [4.78, 5) is 0. The minimum Gasteiger partial charge on any atom is -0.377 e. The zero-order valence-electron chi connectivity index (χ0n) is 14.7. The van der Waals surface area contributed by atoms with Gasteiger partial charge in [0, 0.05) is 13.0 Å². The fourth-order valence-corrected chi connectivity index (χ4v) is 3.76. The molecule has 0 aromatic carbocycles. The summed E-state index contributed by atoms with van der Waals surface area (Å²) in [5, 5.41) is 0. The van der Waals surface area contributed by atoms with Gasteiger partial charge in [-0.1, -0.05) is 38.5 Å². The summed E-state index contributed by atoms with van der Waals surface area (Å²) >= 11 is 0. The highest BCUT2D eigenvalue weighted by Gasteiger charge is 2.62. The molecule has 3 heteroatoms. The Labute approximate surface area is 135 Å². The van der Waals surface area contributed by atoms with E-state index in [9.17, 15) is 0 Å². The first-order chi connectivity index (χ1) is 10.5. The van der Waals surface area contributed by atoms with Gasteiger partial charge in [-0.15, -0.1) is 0 Å². The summed E-state index contributed by atoms with van der Waals surface area (Å²) in [5.74, 6) is 0.204. The molecule has 0 bridgehead atoms. The number of epoxide rings is 1. The van der Waals surface area contributed by atoms with Crippen molar-refractivity contribution in [3.05, 3.63) is 24.3 Å². The van der Waals surface area contributed by atoms with Crippen LogP contribution in [-0.4, -0.2) is 37.6 Å². The van der Waals surface area contributed by atoms with Crippen molar-refractivity contribution < 1.29 is 14.2 Å². The van der Waals surface area contributed by atoms with E-state index in [1.165, 1.54) is 18.4 Å². The monoisotopic (exact) mass is 308 g/mol. The molecule has 1 saturated heterocycles. The molecule has 0 unspecified atom stereocenters. The molecule has 126 valence electrons. The van der Waals surface area contributed by atoms with Crippen molar-refractivity contribution in [2.24, 2.45) is 5.92 Å². The summed E-state index contributed by atoms with van der Waals surface area (Å²) in [5.41, 5.74) is 0.816. The Morgan fingerprint density at radius 3 is 2.73 bits per heavy atom. The highest BCUT2D eigenvalue weighted by molar-refractivity contribution is 5.21. The van der Waals surface area contributed by atoms with Gasteiger partial charge in [0.1, 0.15) is 5.60 Å². The molecular formula is C19H32O3. The van der Waals surface area contributed by atoms with Gasteiger partial charge in [0.05, 0.1) is 24.9 Å². The molecule has 0 N–H and O–H groups in total. The Kier molecular flexibility index (Phi) is 5.87. The molecule has 2 fully saturated rings. The predicted octanol–water partition coefficient (Wildman–Crippen LogP) is 4.28. The number of unbranched alkanes of at least 4 members (excludes halogenated alkanes) is 2. The summed E-state index contributed by atoms with van der Waals surface area (Å²) < 4.78 is 17.8. The summed E-state index contributed by atoms with van der Waals surface area (Å²) in [6.45, 7) is 12.2. The van der Waals surface area contributed by atoms with Crippen LogP contribution in [0.2, 0.25) is 0 Å². The lowest BCUT2D eigenvalue weighted by molar-refractivity contribution is -0.124. The van der Waals surface area contributed by atoms with E-state index in [0.717, 1.165) is 25.9 Å². The molecule has 0 aromatic rings. The van der Waals surface area contributed by atoms with E-state index in [2.05, 4.69) is 39.5 Å². The first-order valence-corrected chi connectivity index (χ1v) is 8.60. The van der Waals surface area contributed by atoms with Gasteiger partial charge in [-0.05, 0) is 38.7 Å². The third-order valence-corrected chi connectivity index (χ3v) is 5.10. The summed E-state index contributed by atoms with van der Waals surface area (Å²) in [7, 11) is 1.77. The van der Waals surface area contributed by atoms with E-state index >= 15 is 0 Å². The fraction of sp³-hybridized carbons (Fsp3) is 0.789. The van der Waals surface area contributed by atoms with E-state index < -0.39 is 0 Å². The molecule has 1 aliphatic heterocycles. The van der Waals surface area contributed by atoms with Crippen LogP contribution in [0, 0.1) is 5.92 Å². The van der Waals surface area contributed by atoms with Crippen molar-refractivity contribution >= 4 is 0 Å². The second kappa shape index (κ2) is 7.29. The first-order valence-electron chi connectivity index (χ1n) is 8.60. The fourth-order valence-electron chi connectivity index (χ4n) is 3.76. The lowest BCUT2D eigenvalue weighted by atomic mass is 9.68. The number of allylic oxidation sites excluding steroid dienone is 1. The average molecular weight is 308 g/mol. The molecule has 1 spiro atoms. The van der Waals surface area contributed by atoms with Crippen molar-refractivity contribution in [2.75, 3.05) is 20.3 Å². The van der Waals surface area contributed by atoms with E-state index in [1.54, 1.807) is 7.11 Å². The van der Waals surface area contributed by atoms with Crippen LogP contribution in [-0.2, 0) is 14.2 Å². The Morgan fingerprint density at radius 2 is 2.14 bits per heavy atom. The first kappa shape index (κ1) is 17.7. The van der Waals surface area contributed by atoms with E-state index in [1.807, 2.05) is 0 Å². The lowest BCUT2D eigenvalue weighted by Gasteiger charge is -2.45. The van der Waals surface area contributed by atoms with Crippen LogP contribution >= 0.6 is 0 Å². The molecule has 1 saturated carbocycles. The number of ether oxygens (including phenoxy) is 3. The van der Waals surface area contributed by atoms with Gasteiger partial charge < -0.3 is 14.2 Å². The number of hydrogen-bond donors (Lipinski definition) is 0. The zero-order valence-corrected chi connectivity index (χ0v) is 14.7. The highest BCUT2D eigenvalue weighted by Crippen LogP contribution is 2.53. The van der Waals surface area contributed by atoms with Gasteiger partial charge in [0.25, 0.3) is 0 Å². The van der Waals surface area contributed by atoms with E-state index in [0.29, 0.717) is 6.61 Å². The van der Waals surface area contributed by atoms with Gasteiger partial charge in [0.2, 0.25) is 0 Å². The third-order valence-electron chi connectivity index (χ3n) is 5.10. The normalized spacial score (nSPS) is 32.1. The SMILES string of the molecule is C=C1CC[C@]2(CO2)[C@@H](C(C)(C)OC/C=C/CCCC)[C@@H]1OC. The van der Waals surface area contributed by atoms with E-state index in [-0.39, 0.29) is 23.2 Å². The standard InChI is InChI=1S/C19H32O3/c1-6-7-8-9-10-13-21-18(3,4)17-16(20-5)15(2)11-12-19(17)14-22-19/h9-10,16-17H,2,6-8,11-14H2,1,3-5H3/b10-9+/t16-,17-,19+/m1/s1. The molecule has 1 heterocycles. The molecule has 2 aliphatic rings. The molecular weight excluding hydrogens is 276 g/mol. The maximum Gasteiger partial charge on any atom is 0.100 e. The molecule has 3 atom stereocenters. The van der Waals surface area contributed by atoms with Gasteiger partial charge in [0.15, 0.2) is 0 Å². The molecule has 2 rings (SSSR count). The Balaban J connectivity index is 1.99.